The highest BCUT2D eigenvalue weighted by atomic mass is 32.1. The first-order valence-electron chi connectivity index (χ1n) is 9.55. The van der Waals surface area contributed by atoms with E-state index in [1.165, 1.54) is 28.0 Å². The summed E-state index contributed by atoms with van der Waals surface area (Å²) < 4.78 is 0. The van der Waals surface area contributed by atoms with E-state index in [1.54, 1.807) is 0 Å². The molecule has 4 rings (SSSR count). The Hall–Kier alpha value is -3.24. The molecule has 1 heterocycles. The Labute approximate surface area is 174 Å². The van der Waals surface area contributed by atoms with E-state index >= 15 is 0 Å². The minimum Gasteiger partial charge on any atom is -0.481 e. The smallest absolute Gasteiger partial charge is 0.308 e. The normalized spacial score (nSPS) is 10.8. The third-order valence-electron chi connectivity index (χ3n) is 4.80. The molecule has 0 aliphatic rings. The average molecular weight is 400 g/mol. The number of hydrogen-bond acceptors (Lipinski definition) is 3. The average Bonchev–Trinajstić information content (AvgIpc) is 3.12. The van der Waals surface area contributed by atoms with Crippen molar-refractivity contribution in [3.05, 3.63) is 112 Å². The van der Waals surface area contributed by atoms with Crippen LogP contribution in [0.25, 0.3) is 11.3 Å². The van der Waals surface area contributed by atoms with Gasteiger partial charge in [-0.05, 0) is 23.1 Å². The lowest BCUT2D eigenvalue weighted by Gasteiger charge is -2.08. The molecule has 0 bridgehead atoms. The second-order valence-corrected chi connectivity index (χ2v) is 8.09. The fraction of sp³-hybridized carbons (Fsp3) is 0.120. The van der Waals surface area contributed by atoms with E-state index < -0.39 is 5.97 Å². The number of rotatable bonds is 7. The summed E-state index contributed by atoms with van der Waals surface area (Å²) in [4.78, 5) is 17.0. The standard InChI is InChI=1S/C25H21NO2S/c27-24(28)17-22-25(19-11-5-2-6-12-19)26-23(29-22)16-21-14-8-7-13-20(21)15-18-9-3-1-4-10-18/h1-14H,15-17H2,(H,27,28). The van der Waals surface area contributed by atoms with E-state index in [4.69, 9.17) is 4.98 Å². The molecule has 29 heavy (non-hydrogen) atoms. The maximum Gasteiger partial charge on any atom is 0.308 e. The Morgan fingerprint density at radius 1 is 0.793 bits per heavy atom. The molecule has 0 saturated carbocycles. The highest BCUT2D eigenvalue weighted by molar-refractivity contribution is 7.12. The Morgan fingerprint density at radius 2 is 1.38 bits per heavy atom. The quantitative estimate of drug-likeness (QED) is 0.439. The van der Waals surface area contributed by atoms with Gasteiger partial charge in [-0.25, -0.2) is 4.98 Å². The lowest BCUT2D eigenvalue weighted by Crippen LogP contribution is -1.99. The van der Waals surface area contributed by atoms with E-state index in [9.17, 15) is 9.90 Å². The van der Waals surface area contributed by atoms with Crippen molar-refractivity contribution in [2.45, 2.75) is 19.3 Å². The maximum absolute atomic E-state index is 11.4. The van der Waals surface area contributed by atoms with Crippen molar-refractivity contribution in [2.75, 3.05) is 0 Å². The lowest BCUT2D eigenvalue weighted by atomic mass is 9.98. The van der Waals surface area contributed by atoms with Crippen LogP contribution in [0.15, 0.2) is 84.9 Å². The molecule has 0 saturated heterocycles. The number of aromatic nitrogens is 1. The molecule has 0 amide bonds. The molecule has 4 heteroatoms. The van der Waals surface area contributed by atoms with Gasteiger partial charge in [-0.3, -0.25) is 4.79 Å². The first-order chi connectivity index (χ1) is 14.2. The Balaban J connectivity index is 1.65. The number of nitrogens with zero attached hydrogens (tertiary/aromatic N) is 1. The van der Waals surface area contributed by atoms with Crippen molar-refractivity contribution in [1.29, 1.82) is 0 Å². The monoisotopic (exact) mass is 399 g/mol. The molecule has 0 radical (unpaired) electrons. The molecular weight excluding hydrogens is 378 g/mol. The molecule has 3 nitrogen and oxygen atoms in total. The van der Waals surface area contributed by atoms with E-state index in [0.29, 0.717) is 6.42 Å². The summed E-state index contributed by atoms with van der Waals surface area (Å²) in [7, 11) is 0. The molecule has 0 atom stereocenters. The molecule has 1 aromatic heterocycles. The SMILES string of the molecule is O=C(O)Cc1sc(Cc2ccccc2Cc2ccccc2)nc1-c1ccccc1. The molecule has 0 unspecified atom stereocenters. The van der Waals surface area contributed by atoms with Gasteiger partial charge in [-0.15, -0.1) is 11.3 Å². The summed E-state index contributed by atoms with van der Waals surface area (Å²) in [6.45, 7) is 0. The Morgan fingerprint density at radius 3 is 2.03 bits per heavy atom. The molecule has 144 valence electrons. The zero-order chi connectivity index (χ0) is 20.1. The topological polar surface area (TPSA) is 50.2 Å². The first-order valence-corrected chi connectivity index (χ1v) is 10.4. The molecule has 1 N–H and O–H groups in total. The van der Waals surface area contributed by atoms with Crippen molar-refractivity contribution >= 4 is 17.3 Å². The third-order valence-corrected chi connectivity index (χ3v) is 5.85. The van der Waals surface area contributed by atoms with Crippen LogP contribution in [-0.2, 0) is 24.1 Å². The fourth-order valence-corrected chi connectivity index (χ4v) is 4.54. The molecule has 0 aliphatic carbocycles. The summed E-state index contributed by atoms with van der Waals surface area (Å²) in [6.07, 6.45) is 1.57. The highest BCUT2D eigenvalue weighted by Gasteiger charge is 2.16. The van der Waals surface area contributed by atoms with E-state index in [-0.39, 0.29) is 6.42 Å². The number of benzene rings is 3. The predicted octanol–water partition coefficient (Wildman–Crippen LogP) is 5.62. The van der Waals surface area contributed by atoms with E-state index in [1.807, 2.05) is 42.5 Å². The van der Waals surface area contributed by atoms with Crippen LogP contribution in [0, 0.1) is 0 Å². The minimum atomic E-state index is -0.832. The van der Waals surface area contributed by atoms with Gasteiger partial charge in [0.1, 0.15) is 0 Å². The van der Waals surface area contributed by atoms with Crippen LogP contribution < -0.4 is 0 Å². The first kappa shape index (κ1) is 19.1. The van der Waals surface area contributed by atoms with Gasteiger partial charge in [0, 0.05) is 16.9 Å². The largest absolute Gasteiger partial charge is 0.481 e. The van der Waals surface area contributed by atoms with Gasteiger partial charge in [0.15, 0.2) is 0 Å². The highest BCUT2D eigenvalue weighted by Crippen LogP contribution is 2.30. The van der Waals surface area contributed by atoms with Crippen LogP contribution in [0.4, 0.5) is 0 Å². The Kier molecular flexibility index (Phi) is 5.82. The van der Waals surface area contributed by atoms with E-state index in [0.717, 1.165) is 27.6 Å². The molecule has 0 spiro atoms. The number of aliphatic carboxylic acids is 1. The minimum absolute atomic E-state index is 0.00639. The zero-order valence-electron chi connectivity index (χ0n) is 15.9. The lowest BCUT2D eigenvalue weighted by molar-refractivity contribution is -0.136. The van der Waals surface area contributed by atoms with Gasteiger partial charge in [0.2, 0.25) is 0 Å². The van der Waals surface area contributed by atoms with Crippen LogP contribution in [0.3, 0.4) is 0 Å². The Bertz CT molecular complexity index is 1100. The molecule has 0 aliphatic heterocycles. The van der Waals surface area contributed by atoms with Gasteiger partial charge in [-0.2, -0.15) is 0 Å². The van der Waals surface area contributed by atoms with Crippen molar-refractivity contribution < 1.29 is 9.90 Å². The molecule has 4 aromatic rings. The van der Waals surface area contributed by atoms with Crippen LogP contribution in [-0.4, -0.2) is 16.1 Å². The second kappa shape index (κ2) is 8.84. The van der Waals surface area contributed by atoms with Crippen molar-refractivity contribution in [1.82, 2.24) is 4.98 Å². The third kappa shape index (κ3) is 4.79. The van der Waals surface area contributed by atoms with Gasteiger partial charge in [0.05, 0.1) is 17.1 Å². The summed E-state index contributed by atoms with van der Waals surface area (Å²) in [5, 5.41) is 10.3. The maximum atomic E-state index is 11.4. The predicted molar refractivity (Wildman–Crippen MR) is 117 cm³/mol. The second-order valence-electron chi connectivity index (χ2n) is 6.92. The van der Waals surface area contributed by atoms with Crippen molar-refractivity contribution in [3.8, 4) is 11.3 Å². The summed E-state index contributed by atoms with van der Waals surface area (Å²) in [5.41, 5.74) is 5.52. The molecule has 0 fully saturated rings. The number of thiazole rings is 1. The van der Waals surface area contributed by atoms with Crippen LogP contribution in [0.2, 0.25) is 0 Å². The van der Waals surface area contributed by atoms with Crippen LogP contribution >= 0.6 is 11.3 Å². The van der Waals surface area contributed by atoms with Gasteiger partial charge >= 0.3 is 5.97 Å². The van der Waals surface area contributed by atoms with Crippen molar-refractivity contribution in [3.63, 3.8) is 0 Å². The number of carboxylic acid groups (broad SMARTS) is 1. The van der Waals surface area contributed by atoms with Crippen LogP contribution in [0.1, 0.15) is 26.6 Å². The molecule has 3 aromatic carbocycles. The number of hydrogen-bond donors (Lipinski definition) is 1. The summed E-state index contributed by atoms with van der Waals surface area (Å²) in [6, 6.07) is 28.6. The fourth-order valence-electron chi connectivity index (χ4n) is 3.44. The summed E-state index contributed by atoms with van der Waals surface area (Å²) >= 11 is 1.50. The zero-order valence-corrected chi connectivity index (χ0v) is 16.7. The summed E-state index contributed by atoms with van der Waals surface area (Å²) in [5.74, 6) is -0.832. The number of carbonyl (C=O) groups is 1. The molecular formula is C25H21NO2S. The van der Waals surface area contributed by atoms with Crippen LogP contribution in [0.5, 0.6) is 0 Å². The number of carboxylic acids is 1. The van der Waals surface area contributed by atoms with E-state index in [2.05, 4.69) is 42.5 Å². The van der Waals surface area contributed by atoms with Gasteiger partial charge < -0.3 is 5.11 Å². The van der Waals surface area contributed by atoms with Gasteiger partial charge in [0.25, 0.3) is 0 Å². The van der Waals surface area contributed by atoms with Gasteiger partial charge in [-0.1, -0.05) is 84.9 Å². The van der Waals surface area contributed by atoms with Crippen molar-refractivity contribution in [2.24, 2.45) is 0 Å².